The van der Waals surface area contributed by atoms with Crippen molar-refractivity contribution in [1.29, 1.82) is 0 Å². The van der Waals surface area contributed by atoms with Crippen molar-refractivity contribution >= 4 is 40.7 Å². The van der Waals surface area contributed by atoms with Crippen LogP contribution in [0.15, 0.2) is 72.3 Å². The lowest BCUT2D eigenvalue weighted by Gasteiger charge is -2.26. The van der Waals surface area contributed by atoms with Crippen molar-refractivity contribution in [2.24, 2.45) is 5.92 Å². The molecule has 1 unspecified atom stereocenters. The van der Waals surface area contributed by atoms with Gasteiger partial charge in [0.15, 0.2) is 0 Å². The molecule has 0 bridgehead atoms. The van der Waals surface area contributed by atoms with Crippen LogP contribution in [0.5, 0.6) is 5.75 Å². The number of aryl methyl sites for hydroxylation is 1. The Labute approximate surface area is 220 Å². The van der Waals surface area contributed by atoms with Crippen LogP contribution in [0.1, 0.15) is 42.1 Å². The predicted octanol–water partition coefficient (Wildman–Crippen LogP) is 6.96. The van der Waals surface area contributed by atoms with Crippen LogP contribution in [0, 0.1) is 12.8 Å². The molecule has 36 heavy (non-hydrogen) atoms. The summed E-state index contributed by atoms with van der Waals surface area (Å²) in [6.45, 7) is 6.88. The van der Waals surface area contributed by atoms with Crippen molar-refractivity contribution in [3.8, 4) is 5.75 Å². The van der Waals surface area contributed by atoms with Crippen LogP contribution in [0.4, 0.5) is 0 Å². The second-order valence-corrected chi connectivity index (χ2v) is 10.1. The van der Waals surface area contributed by atoms with Gasteiger partial charge in [0.2, 0.25) is 0 Å². The number of aliphatic hydroxyl groups is 1. The van der Waals surface area contributed by atoms with Crippen molar-refractivity contribution in [1.82, 2.24) is 4.90 Å². The van der Waals surface area contributed by atoms with E-state index in [0.717, 1.165) is 22.4 Å². The van der Waals surface area contributed by atoms with Gasteiger partial charge in [-0.25, -0.2) is 0 Å². The zero-order chi connectivity index (χ0) is 26.0. The van der Waals surface area contributed by atoms with Gasteiger partial charge < -0.3 is 14.7 Å². The number of Topliss-reactive ketones (excluding diaryl/α,β-unsaturated/α-hetero) is 1. The van der Waals surface area contributed by atoms with Crippen LogP contribution in [0.25, 0.3) is 5.76 Å². The minimum Gasteiger partial charge on any atom is -0.507 e. The molecule has 1 saturated heterocycles. The summed E-state index contributed by atoms with van der Waals surface area (Å²) in [5, 5.41) is 11.8. The Hall–Kier alpha value is -3.28. The van der Waals surface area contributed by atoms with Crippen LogP contribution in [-0.4, -0.2) is 28.3 Å². The first-order chi connectivity index (χ1) is 17.2. The summed E-state index contributed by atoms with van der Waals surface area (Å²) in [6.07, 6.45) is 0. The first kappa shape index (κ1) is 25.8. The van der Waals surface area contributed by atoms with Crippen LogP contribution in [0.2, 0.25) is 10.0 Å². The molecule has 0 saturated carbocycles. The minimum absolute atomic E-state index is 0.0147. The summed E-state index contributed by atoms with van der Waals surface area (Å²) in [5.74, 6) is -0.575. The van der Waals surface area contributed by atoms with E-state index in [-0.39, 0.29) is 22.9 Å². The molecule has 7 heteroatoms. The predicted molar refractivity (Wildman–Crippen MR) is 142 cm³/mol. The van der Waals surface area contributed by atoms with Gasteiger partial charge in [0.1, 0.15) is 11.5 Å². The average molecular weight is 524 g/mol. The lowest BCUT2D eigenvalue weighted by Crippen LogP contribution is -2.29. The van der Waals surface area contributed by atoms with E-state index in [0.29, 0.717) is 23.1 Å². The minimum atomic E-state index is -0.767. The highest BCUT2D eigenvalue weighted by atomic mass is 35.5. The fraction of sp³-hybridized carbons (Fsp3) is 0.241. The Morgan fingerprint density at radius 1 is 1.00 bits per heavy atom. The highest BCUT2D eigenvalue weighted by Gasteiger charge is 2.46. The van der Waals surface area contributed by atoms with E-state index < -0.39 is 17.7 Å². The van der Waals surface area contributed by atoms with Gasteiger partial charge in [-0.1, -0.05) is 79.0 Å². The fourth-order valence-corrected chi connectivity index (χ4v) is 4.48. The van der Waals surface area contributed by atoms with Crippen LogP contribution in [-0.2, 0) is 16.1 Å². The smallest absolute Gasteiger partial charge is 0.295 e. The van der Waals surface area contributed by atoms with Crippen LogP contribution in [0.3, 0.4) is 0 Å². The fourth-order valence-electron chi connectivity index (χ4n) is 4.18. The van der Waals surface area contributed by atoms with Gasteiger partial charge in [-0.2, -0.15) is 0 Å². The molecule has 3 aromatic carbocycles. The highest BCUT2D eigenvalue weighted by Crippen LogP contribution is 2.41. The number of likely N-dealkylation sites (tertiary alicyclic amines) is 1. The summed E-state index contributed by atoms with van der Waals surface area (Å²) in [4.78, 5) is 28.0. The van der Waals surface area contributed by atoms with Crippen molar-refractivity contribution in [2.75, 3.05) is 6.61 Å². The SMILES string of the molecule is Cc1cccc(C2/C(=C(/O)c3ccc(Cl)c(Cl)c3)C(=O)C(=O)N2Cc2ccc(OCC(C)C)cc2)c1. The Morgan fingerprint density at radius 2 is 1.72 bits per heavy atom. The molecule has 1 amide bonds. The number of amides is 1. The second kappa shape index (κ2) is 10.8. The van der Waals surface area contributed by atoms with E-state index in [4.69, 9.17) is 27.9 Å². The molecule has 1 aliphatic rings. The van der Waals surface area contributed by atoms with Crippen molar-refractivity contribution in [3.05, 3.63) is 105 Å². The number of hydrogen-bond acceptors (Lipinski definition) is 4. The monoisotopic (exact) mass is 523 g/mol. The highest BCUT2D eigenvalue weighted by molar-refractivity contribution is 6.46. The summed E-state index contributed by atoms with van der Waals surface area (Å²) in [7, 11) is 0. The van der Waals surface area contributed by atoms with E-state index in [1.165, 1.54) is 11.0 Å². The zero-order valence-electron chi connectivity index (χ0n) is 20.3. The largest absolute Gasteiger partial charge is 0.507 e. The molecule has 0 spiro atoms. The second-order valence-electron chi connectivity index (χ2n) is 9.32. The molecular weight excluding hydrogens is 497 g/mol. The number of ketones is 1. The number of benzene rings is 3. The topological polar surface area (TPSA) is 66.8 Å². The first-order valence-corrected chi connectivity index (χ1v) is 12.4. The summed E-state index contributed by atoms with van der Waals surface area (Å²) in [5.41, 5.74) is 2.86. The van der Waals surface area contributed by atoms with Gasteiger partial charge in [-0.15, -0.1) is 0 Å². The lowest BCUT2D eigenvalue weighted by molar-refractivity contribution is -0.140. The third-order valence-electron chi connectivity index (χ3n) is 5.95. The quantitative estimate of drug-likeness (QED) is 0.206. The number of ether oxygens (including phenoxy) is 1. The number of hydrogen-bond donors (Lipinski definition) is 1. The van der Waals surface area contributed by atoms with E-state index in [1.807, 2.05) is 55.5 Å². The van der Waals surface area contributed by atoms with E-state index in [9.17, 15) is 14.7 Å². The maximum Gasteiger partial charge on any atom is 0.295 e. The van der Waals surface area contributed by atoms with Gasteiger partial charge in [-0.05, 0) is 54.3 Å². The van der Waals surface area contributed by atoms with Gasteiger partial charge in [0, 0.05) is 12.1 Å². The van der Waals surface area contributed by atoms with Gasteiger partial charge in [0.05, 0.1) is 28.3 Å². The molecule has 0 aromatic heterocycles. The van der Waals surface area contributed by atoms with E-state index in [1.54, 1.807) is 12.1 Å². The molecular formula is C29H27Cl2NO4. The number of carbonyl (C=O) groups excluding carboxylic acids is 2. The number of halogens is 2. The Balaban J connectivity index is 1.75. The zero-order valence-corrected chi connectivity index (χ0v) is 21.8. The lowest BCUT2D eigenvalue weighted by atomic mass is 9.94. The molecule has 186 valence electrons. The summed E-state index contributed by atoms with van der Waals surface area (Å²) >= 11 is 12.2. The molecule has 3 aromatic rings. The summed E-state index contributed by atoms with van der Waals surface area (Å²) in [6, 6.07) is 18.8. The Kier molecular flexibility index (Phi) is 7.72. The molecule has 1 N–H and O–H groups in total. The number of aliphatic hydroxyl groups excluding tert-OH is 1. The third kappa shape index (κ3) is 5.43. The Morgan fingerprint density at radius 3 is 2.36 bits per heavy atom. The number of nitrogens with zero attached hydrogens (tertiary/aromatic N) is 1. The molecule has 0 aliphatic carbocycles. The maximum atomic E-state index is 13.3. The number of rotatable bonds is 7. The first-order valence-electron chi connectivity index (χ1n) is 11.7. The van der Waals surface area contributed by atoms with Gasteiger partial charge >= 0.3 is 0 Å². The molecule has 4 rings (SSSR count). The normalized spacial score (nSPS) is 17.2. The van der Waals surface area contributed by atoms with Crippen molar-refractivity contribution in [2.45, 2.75) is 33.4 Å². The van der Waals surface area contributed by atoms with Crippen molar-refractivity contribution in [3.63, 3.8) is 0 Å². The van der Waals surface area contributed by atoms with Gasteiger partial charge in [-0.3, -0.25) is 9.59 Å². The van der Waals surface area contributed by atoms with Gasteiger partial charge in [0.25, 0.3) is 11.7 Å². The van der Waals surface area contributed by atoms with E-state index >= 15 is 0 Å². The third-order valence-corrected chi connectivity index (χ3v) is 6.69. The molecule has 1 heterocycles. The standard InChI is InChI=1S/C29H27Cl2NO4/c1-17(2)16-36-22-10-7-19(8-11-22)15-32-26(20-6-4-5-18(3)13-20)25(28(34)29(32)35)27(33)21-9-12-23(30)24(31)14-21/h4-14,17,26,33H,15-16H2,1-3H3/b27-25-. The van der Waals surface area contributed by atoms with E-state index in [2.05, 4.69) is 13.8 Å². The molecule has 1 atom stereocenters. The molecule has 0 radical (unpaired) electrons. The van der Waals surface area contributed by atoms with Crippen molar-refractivity contribution < 1.29 is 19.4 Å². The number of carbonyl (C=O) groups is 2. The Bertz CT molecular complexity index is 1330. The molecule has 1 fully saturated rings. The van der Waals surface area contributed by atoms with Crippen LogP contribution >= 0.6 is 23.2 Å². The maximum absolute atomic E-state index is 13.3. The molecule has 1 aliphatic heterocycles. The van der Waals surface area contributed by atoms with Crippen LogP contribution < -0.4 is 4.74 Å². The molecule has 5 nitrogen and oxygen atoms in total. The average Bonchev–Trinajstić information content (AvgIpc) is 3.09. The summed E-state index contributed by atoms with van der Waals surface area (Å²) < 4.78 is 5.75.